The molecule has 0 bridgehead atoms. The Balaban J connectivity index is 2.83. The lowest BCUT2D eigenvalue weighted by Gasteiger charge is -1.98. The van der Waals surface area contributed by atoms with Crippen LogP contribution in [0.3, 0.4) is 0 Å². The number of nitrogens with zero attached hydrogens (tertiary/aromatic N) is 2. The second-order valence-corrected chi connectivity index (χ2v) is 3.54. The average Bonchev–Trinajstić information content (AvgIpc) is 2.59. The smallest absolute Gasteiger partial charge is 0.360 e. The molecule has 0 amide bonds. The summed E-state index contributed by atoms with van der Waals surface area (Å²) in [7, 11) is 0. The molecule has 1 aromatic heterocycles. The van der Waals surface area contributed by atoms with E-state index >= 15 is 0 Å². The number of anilines is 1. The number of aromatic nitrogens is 1. The van der Waals surface area contributed by atoms with E-state index < -0.39 is 5.97 Å². The van der Waals surface area contributed by atoms with Crippen LogP contribution in [-0.2, 0) is 9.63 Å². The summed E-state index contributed by atoms with van der Waals surface area (Å²) in [5, 5.41) is 14.2. The van der Waals surface area contributed by atoms with Crippen molar-refractivity contribution in [1.82, 2.24) is 4.98 Å². The van der Waals surface area contributed by atoms with Crippen molar-refractivity contribution in [2.24, 2.45) is 5.16 Å². The first-order valence-corrected chi connectivity index (χ1v) is 5.17. The van der Waals surface area contributed by atoms with Crippen LogP contribution in [0.15, 0.2) is 10.5 Å². The fraction of sp³-hybridized carbons (Fsp3) is 0.375. The zero-order valence-corrected chi connectivity index (χ0v) is 8.95. The molecule has 0 aliphatic heterocycles. The van der Waals surface area contributed by atoms with Crippen LogP contribution in [0.25, 0.3) is 0 Å². The minimum atomic E-state index is -1.18. The molecule has 15 heavy (non-hydrogen) atoms. The van der Waals surface area contributed by atoms with Crippen LogP contribution in [-0.4, -0.2) is 28.4 Å². The SMILES string of the molecule is CCCON=C(C(=O)O)c1csc(N)n1. The van der Waals surface area contributed by atoms with Crippen molar-refractivity contribution in [3.05, 3.63) is 11.1 Å². The van der Waals surface area contributed by atoms with Crippen molar-refractivity contribution in [3.8, 4) is 0 Å². The fourth-order valence-electron chi connectivity index (χ4n) is 0.793. The Labute approximate surface area is 90.4 Å². The van der Waals surface area contributed by atoms with Crippen molar-refractivity contribution < 1.29 is 14.7 Å². The largest absolute Gasteiger partial charge is 0.476 e. The van der Waals surface area contributed by atoms with Gasteiger partial charge in [0.25, 0.3) is 0 Å². The van der Waals surface area contributed by atoms with Crippen LogP contribution < -0.4 is 5.73 Å². The second kappa shape index (κ2) is 5.30. The van der Waals surface area contributed by atoms with E-state index in [1.807, 2.05) is 6.92 Å². The molecule has 1 aromatic rings. The monoisotopic (exact) mass is 229 g/mol. The number of carboxylic acid groups (broad SMARTS) is 1. The Kier molecular flexibility index (Phi) is 4.04. The Morgan fingerprint density at radius 2 is 2.53 bits per heavy atom. The van der Waals surface area contributed by atoms with Crippen molar-refractivity contribution in [2.75, 3.05) is 12.3 Å². The van der Waals surface area contributed by atoms with Crippen molar-refractivity contribution in [3.63, 3.8) is 0 Å². The Bertz CT molecular complexity index is 375. The highest BCUT2D eigenvalue weighted by Gasteiger charge is 2.16. The first-order valence-electron chi connectivity index (χ1n) is 4.29. The summed E-state index contributed by atoms with van der Waals surface area (Å²) < 4.78 is 0. The molecule has 0 fully saturated rings. The molecule has 0 saturated carbocycles. The molecule has 0 aromatic carbocycles. The molecule has 0 unspecified atom stereocenters. The van der Waals surface area contributed by atoms with Crippen LogP contribution in [0.4, 0.5) is 5.13 Å². The summed E-state index contributed by atoms with van der Waals surface area (Å²) in [4.78, 5) is 19.4. The van der Waals surface area contributed by atoms with Gasteiger partial charge in [0.2, 0.25) is 5.71 Å². The third-order valence-corrected chi connectivity index (χ3v) is 2.09. The van der Waals surface area contributed by atoms with Gasteiger partial charge in [0.15, 0.2) is 5.13 Å². The fourth-order valence-corrected chi connectivity index (χ4v) is 1.34. The number of oxime groups is 1. The summed E-state index contributed by atoms with van der Waals surface area (Å²) in [5.74, 6) is -1.18. The first-order chi connectivity index (χ1) is 7.15. The first kappa shape index (κ1) is 11.4. The van der Waals surface area contributed by atoms with Gasteiger partial charge >= 0.3 is 5.97 Å². The molecule has 0 aliphatic rings. The number of nitrogen functional groups attached to an aromatic ring is 1. The molecular weight excluding hydrogens is 218 g/mol. The maximum Gasteiger partial charge on any atom is 0.360 e. The van der Waals surface area contributed by atoms with E-state index in [-0.39, 0.29) is 11.4 Å². The summed E-state index contributed by atoms with van der Waals surface area (Å²) in [6.07, 6.45) is 0.760. The van der Waals surface area contributed by atoms with Gasteiger partial charge in [0, 0.05) is 5.38 Å². The number of carboxylic acids is 1. The zero-order chi connectivity index (χ0) is 11.3. The molecule has 0 radical (unpaired) electrons. The van der Waals surface area contributed by atoms with Crippen LogP contribution in [0.5, 0.6) is 0 Å². The molecule has 0 spiro atoms. The van der Waals surface area contributed by atoms with Crippen LogP contribution in [0.2, 0.25) is 0 Å². The van der Waals surface area contributed by atoms with Gasteiger partial charge in [-0.15, -0.1) is 11.3 Å². The topological polar surface area (TPSA) is 97.8 Å². The van der Waals surface area contributed by atoms with E-state index in [0.717, 1.165) is 17.8 Å². The molecule has 0 saturated heterocycles. The summed E-state index contributed by atoms with van der Waals surface area (Å²) in [6, 6.07) is 0. The molecule has 0 aliphatic carbocycles. The predicted molar refractivity (Wildman–Crippen MR) is 56.9 cm³/mol. The summed E-state index contributed by atoms with van der Waals surface area (Å²) >= 11 is 1.16. The van der Waals surface area contributed by atoms with Gasteiger partial charge in [0.05, 0.1) is 0 Å². The Morgan fingerprint density at radius 3 is 3.00 bits per heavy atom. The maximum absolute atomic E-state index is 10.8. The van der Waals surface area contributed by atoms with Gasteiger partial charge < -0.3 is 15.7 Å². The average molecular weight is 229 g/mol. The van der Waals surface area contributed by atoms with Crippen LogP contribution >= 0.6 is 11.3 Å². The number of hydrogen-bond acceptors (Lipinski definition) is 6. The van der Waals surface area contributed by atoms with Crippen molar-refractivity contribution in [1.29, 1.82) is 0 Å². The highest BCUT2D eigenvalue weighted by Crippen LogP contribution is 2.12. The predicted octanol–water partition coefficient (Wildman–Crippen LogP) is 0.941. The van der Waals surface area contributed by atoms with Crippen LogP contribution in [0.1, 0.15) is 19.0 Å². The van der Waals surface area contributed by atoms with Crippen molar-refractivity contribution in [2.45, 2.75) is 13.3 Å². The molecule has 7 heteroatoms. The van der Waals surface area contributed by atoms with E-state index in [2.05, 4.69) is 10.1 Å². The van der Waals surface area contributed by atoms with E-state index in [4.69, 9.17) is 15.7 Å². The van der Waals surface area contributed by atoms with Gasteiger partial charge in [-0.2, -0.15) is 0 Å². The summed E-state index contributed by atoms with van der Waals surface area (Å²) in [5.41, 5.74) is 5.39. The molecule has 0 atom stereocenters. The molecule has 82 valence electrons. The molecule has 1 rings (SSSR count). The number of nitrogens with two attached hydrogens (primary N) is 1. The standard InChI is InChI=1S/C8H11N3O3S/c1-2-3-14-11-6(7(12)13)5-4-15-8(9)10-5/h4H,2-3H2,1H3,(H2,9,10)(H,12,13). The number of aliphatic carboxylic acids is 1. The van der Waals surface area contributed by atoms with Gasteiger partial charge in [0.1, 0.15) is 12.3 Å². The van der Waals surface area contributed by atoms with Gasteiger partial charge in [-0.25, -0.2) is 9.78 Å². The van der Waals surface area contributed by atoms with Crippen LogP contribution in [0, 0.1) is 0 Å². The number of carbonyl (C=O) groups is 1. The van der Waals surface area contributed by atoms with Crippen molar-refractivity contribution >= 4 is 28.1 Å². The molecular formula is C8H11N3O3S. The quantitative estimate of drug-likeness (QED) is 0.445. The van der Waals surface area contributed by atoms with E-state index in [0.29, 0.717) is 11.7 Å². The van der Waals surface area contributed by atoms with Gasteiger partial charge in [-0.1, -0.05) is 12.1 Å². The second-order valence-electron chi connectivity index (χ2n) is 2.65. The molecule has 3 N–H and O–H groups in total. The lowest BCUT2D eigenvalue weighted by Crippen LogP contribution is -2.15. The highest BCUT2D eigenvalue weighted by molar-refractivity contribution is 7.13. The number of thiazole rings is 1. The van der Waals surface area contributed by atoms with E-state index in [9.17, 15) is 4.79 Å². The highest BCUT2D eigenvalue weighted by atomic mass is 32.1. The lowest BCUT2D eigenvalue weighted by molar-refractivity contribution is -0.129. The molecule has 6 nitrogen and oxygen atoms in total. The van der Waals surface area contributed by atoms with E-state index in [1.54, 1.807) is 0 Å². The third-order valence-electron chi connectivity index (χ3n) is 1.42. The number of rotatable bonds is 5. The zero-order valence-electron chi connectivity index (χ0n) is 8.14. The van der Waals surface area contributed by atoms with E-state index in [1.165, 1.54) is 5.38 Å². The summed E-state index contributed by atoms with van der Waals surface area (Å²) in [6.45, 7) is 2.27. The third kappa shape index (κ3) is 3.21. The normalized spacial score (nSPS) is 11.4. The molecule has 1 heterocycles. The van der Waals surface area contributed by atoms with Gasteiger partial charge in [-0.05, 0) is 6.42 Å². The van der Waals surface area contributed by atoms with Gasteiger partial charge in [-0.3, -0.25) is 0 Å². The lowest BCUT2D eigenvalue weighted by atomic mass is 10.3. The minimum Gasteiger partial charge on any atom is -0.476 e. The Morgan fingerprint density at radius 1 is 1.80 bits per heavy atom. The number of hydrogen-bond donors (Lipinski definition) is 2. The minimum absolute atomic E-state index is 0.223. The Hall–Kier alpha value is -1.63. The maximum atomic E-state index is 10.8.